The number of rotatable bonds is 5. The van der Waals surface area contributed by atoms with Crippen LogP contribution >= 0.6 is 0 Å². The summed E-state index contributed by atoms with van der Waals surface area (Å²) in [6, 6.07) is 14.4. The van der Waals surface area contributed by atoms with Crippen LogP contribution in [0.15, 0.2) is 59.2 Å². The highest BCUT2D eigenvalue weighted by Gasteiger charge is 2.49. The predicted molar refractivity (Wildman–Crippen MR) is 106 cm³/mol. The number of amides is 3. The van der Waals surface area contributed by atoms with E-state index in [4.69, 9.17) is 9.15 Å². The molecule has 0 saturated carbocycles. The van der Waals surface area contributed by atoms with Gasteiger partial charge in [0.05, 0.1) is 19.3 Å². The van der Waals surface area contributed by atoms with Crippen molar-refractivity contribution >= 4 is 11.9 Å². The molecule has 0 bridgehead atoms. The average molecular weight is 391 g/mol. The van der Waals surface area contributed by atoms with E-state index in [9.17, 15) is 9.59 Å². The van der Waals surface area contributed by atoms with Gasteiger partial charge in [0.2, 0.25) is 5.89 Å². The summed E-state index contributed by atoms with van der Waals surface area (Å²) in [4.78, 5) is 31.1. The summed E-state index contributed by atoms with van der Waals surface area (Å²) < 4.78 is 10.7. The zero-order valence-electron chi connectivity index (χ0n) is 16.4. The summed E-state index contributed by atoms with van der Waals surface area (Å²) in [6.45, 7) is 3.72. The molecule has 1 aromatic heterocycles. The first-order valence-corrected chi connectivity index (χ1v) is 9.21. The highest BCUT2D eigenvalue weighted by atomic mass is 16.5. The van der Waals surface area contributed by atoms with E-state index >= 15 is 0 Å². The number of nitrogens with zero attached hydrogens (tertiary/aromatic N) is 2. The minimum absolute atomic E-state index is 0.0335. The zero-order valence-corrected chi connectivity index (χ0v) is 16.4. The van der Waals surface area contributed by atoms with Crippen LogP contribution in [0.1, 0.15) is 23.7 Å². The molecule has 7 heteroatoms. The van der Waals surface area contributed by atoms with Crippen molar-refractivity contribution in [3.8, 4) is 17.2 Å². The monoisotopic (exact) mass is 391 g/mol. The van der Waals surface area contributed by atoms with Crippen LogP contribution in [-0.4, -0.2) is 28.9 Å². The molecule has 3 amide bonds. The lowest BCUT2D eigenvalue weighted by molar-refractivity contribution is -0.131. The van der Waals surface area contributed by atoms with Crippen molar-refractivity contribution in [1.29, 1.82) is 0 Å². The molecule has 0 aliphatic carbocycles. The van der Waals surface area contributed by atoms with E-state index in [0.29, 0.717) is 11.6 Å². The molecule has 4 rings (SSSR count). The molecule has 1 unspecified atom stereocenters. The Morgan fingerprint density at radius 1 is 1.10 bits per heavy atom. The minimum Gasteiger partial charge on any atom is -0.497 e. The number of ether oxygens (including phenoxy) is 1. The van der Waals surface area contributed by atoms with Gasteiger partial charge >= 0.3 is 6.03 Å². The minimum atomic E-state index is -1.10. The molecule has 1 saturated heterocycles. The van der Waals surface area contributed by atoms with Gasteiger partial charge in [0.15, 0.2) is 0 Å². The lowest BCUT2D eigenvalue weighted by Crippen LogP contribution is -2.40. The summed E-state index contributed by atoms with van der Waals surface area (Å²) in [7, 11) is 1.60. The normalized spacial score (nSPS) is 18.8. The average Bonchev–Trinajstić information content (AvgIpc) is 3.28. The largest absolute Gasteiger partial charge is 0.497 e. The van der Waals surface area contributed by atoms with Gasteiger partial charge in [-0.15, -0.1) is 0 Å². The second-order valence-electron chi connectivity index (χ2n) is 7.18. The van der Waals surface area contributed by atoms with Crippen LogP contribution in [0.25, 0.3) is 11.5 Å². The van der Waals surface area contributed by atoms with Crippen molar-refractivity contribution in [3.05, 3.63) is 71.6 Å². The number of methoxy groups -OCH3 is 1. The Kier molecular flexibility index (Phi) is 4.58. The Labute approximate surface area is 168 Å². The highest BCUT2D eigenvalue weighted by molar-refractivity contribution is 6.07. The Morgan fingerprint density at radius 3 is 2.45 bits per heavy atom. The fourth-order valence-electron chi connectivity index (χ4n) is 3.33. The molecule has 1 fully saturated rings. The zero-order chi connectivity index (χ0) is 20.6. The molecule has 29 heavy (non-hydrogen) atoms. The number of hydrogen-bond acceptors (Lipinski definition) is 5. The first-order chi connectivity index (χ1) is 13.9. The summed E-state index contributed by atoms with van der Waals surface area (Å²) in [5.74, 6) is 0.826. The van der Waals surface area contributed by atoms with Crippen molar-refractivity contribution in [2.24, 2.45) is 0 Å². The predicted octanol–water partition coefficient (Wildman–Crippen LogP) is 3.63. The molecular weight excluding hydrogens is 370 g/mol. The van der Waals surface area contributed by atoms with E-state index < -0.39 is 11.6 Å². The van der Waals surface area contributed by atoms with Crippen LogP contribution in [0.4, 0.5) is 4.79 Å². The molecule has 3 aromatic rings. The van der Waals surface area contributed by atoms with Crippen LogP contribution in [-0.2, 0) is 16.9 Å². The molecule has 148 valence electrons. The third-order valence-corrected chi connectivity index (χ3v) is 5.11. The number of nitrogens with one attached hydrogen (secondary N) is 1. The number of hydrogen-bond donors (Lipinski definition) is 1. The van der Waals surface area contributed by atoms with Gasteiger partial charge in [-0.05, 0) is 43.7 Å². The van der Waals surface area contributed by atoms with Gasteiger partial charge < -0.3 is 14.5 Å². The SMILES string of the molecule is COc1ccc(-c2nc(CN3C(=O)NC(C)(c4ccc(C)cc4)C3=O)co2)cc1. The van der Waals surface area contributed by atoms with Gasteiger partial charge in [-0.25, -0.2) is 9.78 Å². The first kappa shape index (κ1) is 18.7. The maximum atomic E-state index is 13.0. The van der Waals surface area contributed by atoms with E-state index in [1.54, 1.807) is 14.0 Å². The molecule has 1 aliphatic rings. The number of aryl methyl sites for hydroxylation is 1. The van der Waals surface area contributed by atoms with Crippen LogP contribution in [0.5, 0.6) is 5.75 Å². The lowest BCUT2D eigenvalue weighted by atomic mass is 9.91. The standard InChI is InChI=1S/C22H21N3O4/c1-14-4-8-16(9-5-14)22(2)20(26)25(21(27)24-22)12-17-13-29-19(23-17)15-6-10-18(28-3)11-7-15/h4-11,13H,12H2,1-3H3,(H,24,27). The Balaban J connectivity index is 1.54. The number of aromatic nitrogens is 1. The summed E-state index contributed by atoms with van der Waals surface area (Å²) in [6.07, 6.45) is 1.46. The fourth-order valence-corrected chi connectivity index (χ4v) is 3.33. The maximum absolute atomic E-state index is 13.0. The van der Waals surface area contributed by atoms with Crippen LogP contribution in [0, 0.1) is 6.92 Å². The Hall–Kier alpha value is -3.61. The van der Waals surface area contributed by atoms with Crippen LogP contribution in [0.3, 0.4) is 0 Å². The van der Waals surface area contributed by atoms with E-state index in [1.165, 1.54) is 6.26 Å². The molecular formula is C22H21N3O4. The van der Waals surface area contributed by atoms with E-state index in [0.717, 1.165) is 27.3 Å². The quantitative estimate of drug-likeness (QED) is 0.672. The number of imide groups is 1. The van der Waals surface area contributed by atoms with E-state index in [2.05, 4.69) is 10.3 Å². The number of urea groups is 1. The van der Waals surface area contributed by atoms with E-state index in [1.807, 2.05) is 55.5 Å². The van der Waals surface area contributed by atoms with Gasteiger partial charge in [-0.2, -0.15) is 0 Å². The molecule has 7 nitrogen and oxygen atoms in total. The van der Waals surface area contributed by atoms with Crippen molar-refractivity contribution in [3.63, 3.8) is 0 Å². The number of oxazole rings is 1. The first-order valence-electron chi connectivity index (χ1n) is 9.21. The maximum Gasteiger partial charge on any atom is 0.325 e. The van der Waals surface area contributed by atoms with Crippen LogP contribution < -0.4 is 10.1 Å². The van der Waals surface area contributed by atoms with Crippen molar-refractivity contribution in [2.45, 2.75) is 25.9 Å². The van der Waals surface area contributed by atoms with Gasteiger partial charge in [-0.3, -0.25) is 9.69 Å². The van der Waals surface area contributed by atoms with Gasteiger partial charge in [-0.1, -0.05) is 29.8 Å². The molecule has 1 N–H and O–H groups in total. The van der Waals surface area contributed by atoms with Crippen LogP contribution in [0.2, 0.25) is 0 Å². The fraction of sp³-hybridized carbons (Fsp3) is 0.227. The van der Waals surface area contributed by atoms with Gasteiger partial charge in [0.25, 0.3) is 5.91 Å². The number of carbonyl (C=O) groups excluding carboxylic acids is 2. The Bertz CT molecular complexity index is 1060. The van der Waals surface area contributed by atoms with Crippen molar-refractivity contribution < 1.29 is 18.7 Å². The Morgan fingerprint density at radius 2 is 1.79 bits per heavy atom. The highest BCUT2D eigenvalue weighted by Crippen LogP contribution is 2.30. The van der Waals surface area contributed by atoms with Gasteiger partial charge in [0.1, 0.15) is 17.6 Å². The third-order valence-electron chi connectivity index (χ3n) is 5.11. The van der Waals surface area contributed by atoms with Crippen molar-refractivity contribution in [1.82, 2.24) is 15.2 Å². The second kappa shape index (κ2) is 7.09. The summed E-state index contributed by atoms with van der Waals surface area (Å²) >= 11 is 0. The smallest absolute Gasteiger partial charge is 0.325 e. The van der Waals surface area contributed by atoms with Crippen molar-refractivity contribution in [2.75, 3.05) is 7.11 Å². The molecule has 2 heterocycles. The summed E-state index contributed by atoms with van der Waals surface area (Å²) in [5.41, 5.74) is 1.99. The molecule has 1 atom stereocenters. The number of carbonyl (C=O) groups is 2. The molecule has 1 aliphatic heterocycles. The van der Waals surface area contributed by atoms with E-state index in [-0.39, 0.29) is 12.5 Å². The molecule has 0 radical (unpaired) electrons. The third kappa shape index (κ3) is 3.35. The summed E-state index contributed by atoms with van der Waals surface area (Å²) in [5, 5.41) is 2.80. The number of benzene rings is 2. The molecule has 2 aromatic carbocycles. The second-order valence-corrected chi connectivity index (χ2v) is 7.18. The van der Waals surface area contributed by atoms with Gasteiger partial charge in [0, 0.05) is 5.56 Å². The molecule has 0 spiro atoms. The lowest BCUT2D eigenvalue weighted by Gasteiger charge is -2.22. The topological polar surface area (TPSA) is 84.7 Å².